The zero-order valence-electron chi connectivity index (χ0n) is 7.09. The zero-order valence-corrected chi connectivity index (χ0v) is 8.60. The van der Waals surface area contributed by atoms with Gasteiger partial charge in [-0.3, -0.25) is 0 Å². The van der Waals surface area contributed by atoms with Gasteiger partial charge in [-0.15, -0.1) is 0 Å². The third-order valence-electron chi connectivity index (χ3n) is 1.84. The van der Waals surface area contributed by atoms with E-state index >= 15 is 0 Å². The third kappa shape index (κ3) is 1.89. The van der Waals surface area contributed by atoms with E-state index in [4.69, 9.17) is 28.5 Å². The molecule has 1 fully saturated rings. The van der Waals surface area contributed by atoms with Crippen molar-refractivity contribution >= 4 is 29.2 Å². The molecule has 0 saturated heterocycles. The fraction of sp³-hybridized carbons (Fsp3) is 0.375. The Bertz CT molecular complexity index is 385. The molecule has 0 bridgehead atoms. The van der Waals surface area contributed by atoms with Crippen molar-refractivity contribution in [3.63, 3.8) is 0 Å². The van der Waals surface area contributed by atoms with Gasteiger partial charge in [0.25, 0.3) is 0 Å². The first-order chi connectivity index (χ1) is 6.70. The van der Waals surface area contributed by atoms with Gasteiger partial charge in [0.2, 0.25) is 5.95 Å². The summed E-state index contributed by atoms with van der Waals surface area (Å²) in [5, 5.41) is 11.9. The van der Waals surface area contributed by atoms with Crippen molar-refractivity contribution < 1.29 is 0 Å². The predicted molar refractivity (Wildman–Crippen MR) is 53.4 cm³/mol. The summed E-state index contributed by atoms with van der Waals surface area (Å²) < 4.78 is 0. The number of halogens is 2. The number of rotatable bonds is 2. The van der Waals surface area contributed by atoms with Crippen LogP contribution >= 0.6 is 23.2 Å². The minimum absolute atomic E-state index is 0.0932. The summed E-state index contributed by atoms with van der Waals surface area (Å²) in [6.07, 6.45) is 2.22. The lowest BCUT2D eigenvalue weighted by Gasteiger charge is -2.04. The highest BCUT2D eigenvalue weighted by Crippen LogP contribution is 2.26. The number of nitrogens with one attached hydrogen (secondary N) is 1. The summed E-state index contributed by atoms with van der Waals surface area (Å²) in [6, 6.07) is 2.27. The number of aromatic nitrogens is 2. The molecule has 0 amide bonds. The maximum Gasteiger partial charge on any atom is 0.225 e. The Balaban J connectivity index is 2.31. The molecule has 0 aromatic carbocycles. The van der Waals surface area contributed by atoms with Crippen LogP contribution in [-0.4, -0.2) is 16.0 Å². The molecule has 0 radical (unpaired) electrons. The van der Waals surface area contributed by atoms with Crippen molar-refractivity contribution in [3.8, 4) is 6.07 Å². The smallest absolute Gasteiger partial charge is 0.225 e. The van der Waals surface area contributed by atoms with Crippen molar-refractivity contribution in [3.05, 3.63) is 15.9 Å². The maximum absolute atomic E-state index is 8.67. The van der Waals surface area contributed by atoms with Crippen molar-refractivity contribution in [1.29, 1.82) is 5.26 Å². The van der Waals surface area contributed by atoms with Gasteiger partial charge in [0, 0.05) is 6.04 Å². The second-order valence-corrected chi connectivity index (χ2v) is 3.75. The molecule has 14 heavy (non-hydrogen) atoms. The normalized spacial score (nSPS) is 14.9. The molecule has 1 aliphatic rings. The molecule has 0 spiro atoms. The second-order valence-electron chi connectivity index (χ2n) is 3.03. The second kappa shape index (κ2) is 3.60. The van der Waals surface area contributed by atoms with Gasteiger partial charge in [-0.1, -0.05) is 23.2 Å². The number of nitrogens with zero attached hydrogens (tertiary/aromatic N) is 3. The zero-order chi connectivity index (χ0) is 10.1. The number of nitriles is 1. The summed E-state index contributed by atoms with van der Waals surface area (Å²) in [4.78, 5) is 7.84. The van der Waals surface area contributed by atoms with E-state index in [1.807, 2.05) is 6.07 Å². The predicted octanol–water partition coefficient (Wildman–Crippen LogP) is 2.23. The van der Waals surface area contributed by atoms with E-state index in [9.17, 15) is 0 Å². The van der Waals surface area contributed by atoms with Crippen molar-refractivity contribution in [2.24, 2.45) is 0 Å². The van der Waals surface area contributed by atoms with Gasteiger partial charge in [-0.25, -0.2) is 0 Å². The van der Waals surface area contributed by atoms with Crippen LogP contribution in [-0.2, 0) is 0 Å². The molecule has 2 rings (SSSR count). The van der Waals surface area contributed by atoms with Crippen LogP contribution in [0.5, 0.6) is 0 Å². The van der Waals surface area contributed by atoms with Gasteiger partial charge in [0.15, 0.2) is 10.3 Å². The average molecular weight is 229 g/mol. The SMILES string of the molecule is N#Cc1c(Cl)nc(NC2CC2)nc1Cl. The minimum Gasteiger partial charge on any atom is -0.351 e. The topological polar surface area (TPSA) is 61.6 Å². The number of hydrogen-bond donors (Lipinski definition) is 1. The van der Waals surface area contributed by atoms with Gasteiger partial charge < -0.3 is 5.32 Å². The molecule has 0 aliphatic heterocycles. The van der Waals surface area contributed by atoms with Gasteiger partial charge in [-0.2, -0.15) is 15.2 Å². The lowest BCUT2D eigenvalue weighted by atomic mass is 10.4. The van der Waals surface area contributed by atoms with E-state index < -0.39 is 0 Å². The lowest BCUT2D eigenvalue weighted by Crippen LogP contribution is -2.06. The third-order valence-corrected chi connectivity index (χ3v) is 2.39. The van der Waals surface area contributed by atoms with Crippen molar-refractivity contribution in [2.45, 2.75) is 18.9 Å². The van der Waals surface area contributed by atoms with E-state index in [2.05, 4.69) is 15.3 Å². The molecule has 1 aromatic rings. The Morgan fingerprint density at radius 2 is 1.86 bits per heavy atom. The molecule has 1 N–H and O–H groups in total. The largest absolute Gasteiger partial charge is 0.351 e. The quantitative estimate of drug-likeness (QED) is 0.790. The minimum atomic E-state index is 0.0932. The standard InChI is InChI=1S/C8H6Cl2N4/c9-6-5(3-11)7(10)14-8(13-6)12-4-1-2-4/h4H,1-2H2,(H,12,13,14). The summed E-state index contributed by atoms with van der Waals surface area (Å²) in [5.74, 6) is 0.390. The van der Waals surface area contributed by atoms with Crippen LogP contribution < -0.4 is 5.32 Å². The van der Waals surface area contributed by atoms with E-state index in [0.29, 0.717) is 12.0 Å². The van der Waals surface area contributed by atoms with E-state index in [-0.39, 0.29) is 15.9 Å². The highest BCUT2D eigenvalue weighted by Gasteiger charge is 2.22. The summed E-state index contributed by atoms with van der Waals surface area (Å²) >= 11 is 11.5. The molecule has 1 aliphatic carbocycles. The number of hydrogen-bond acceptors (Lipinski definition) is 4. The molecule has 1 heterocycles. The molecule has 4 nitrogen and oxygen atoms in total. The summed E-state index contributed by atoms with van der Waals surface area (Å²) in [6.45, 7) is 0. The van der Waals surface area contributed by atoms with E-state index in [0.717, 1.165) is 12.8 Å². The summed E-state index contributed by atoms with van der Waals surface area (Å²) in [5.41, 5.74) is 0.120. The van der Waals surface area contributed by atoms with Gasteiger partial charge in [0.05, 0.1) is 0 Å². The van der Waals surface area contributed by atoms with Crippen molar-refractivity contribution in [2.75, 3.05) is 5.32 Å². The summed E-state index contributed by atoms with van der Waals surface area (Å²) in [7, 11) is 0. The average Bonchev–Trinajstić information content (AvgIpc) is 2.87. The van der Waals surface area contributed by atoms with Crippen LogP contribution in [0.15, 0.2) is 0 Å². The highest BCUT2D eigenvalue weighted by molar-refractivity contribution is 6.35. The van der Waals surface area contributed by atoms with Crippen LogP contribution in [0.2, 0.25) is 10.3 Å². The Hall–Kier alpha value is -1.05. The number of anilines is 1. The van der Waals surface area contributed by atoms with Crippen LogP contribution in [0.3, 0.4) is 0 Å². The Morgan fingerprint density at radius 3 is 2.29 bits per heavy atom. The monoisotopic (exact) mass is 228 g/mol. The first kappa shape index (κ1) is 9.50. The molecule has 0 unspecified atom stereocenters. The van der Waals surface area contributed by atoms with Crippen LogP contribution in [0.25, 0.3) is 0 Å². The fourth-order valence-corrected chi connectivity index (χ4v) is 1.45. The van der Waals surface area contributed by atoms with Crippen LogP contribution in [0.4, 0.5) is 5.95 Å². The Morgan fingerprint density at radius 1 is 1.29 bits per heavy atom. The first-order valence-corrected chi connectivity index (χ1v) is 4.86. The van der Waals surface area contributed by atoms with Crippen LogP contribution in [0, 0.1) is 11.3 Å². The van der Waals surface area contributed by atoms with Gasteiger partial charge in [0.1, 0.15) is 11.6 Å². The Labute approximate surface area is 90.9 Å². The lowest BCUT2D eigenvalue weighted by molar-refractivity contribution is 1.05. The van der Waals surface area contributed by atoms with Gasteiger partial charge in [-0.05, 0) is 12.8 Å². The van der Waals surface area contributed by atoms with E-state index in [1.54, 1.807) is 0 Å². The van der Waals surface area contributed by atoms with Crippen molar-refractivity contribution in [1.82, 2.24) is 9.97 Å². The van der Waals surface area contributed by atoms with Crippen LogP contribution in [0.1, 0.15) is 18.4 Å². The molecular formula is C8H6Cl2N4. The molecular weight excluding hydrogens is 223 g/mol. The van der Waals surface area contributed by atoms with E-state index in [1.165, 1.54) is 0 Å². The van der Waals surface area contributed by atoms with Gasteiger partial charge >= 0.3 is 0 Å². The first-order valence-electron chi connectivity index (χ1n) is 4.10. The fourth-order valence-electron chi connectivity index (χ4n) is 0.975. The molecule has 1 aromatic heterocycles. The molecule has 0 atom stereocenters. The maximum atomic E-state index is 8.67. The molecule has 6 heteroatoms. The Kier molecular flexibility index (Phi) is 2.44. The highest BCUT2D eigenvalue weighted by atomic mass is 35.5. The molecule has 1 saturated carbocycles. The molecule has 72 valence electrons.